The minimum atomic E-state index is 0.497. The lowest BCUT2D eigenvalue weighted by Crippen LogP contribution is -2.22. The van der Waals surface area contributed by atoms with Gasteiger partial charge in [0.15, 0.2) is 0 Å². The first-order chi connectivity index (χ1) is 8.29. The van der Waals surface area contributed by atoms with Crippen LogP contribution in [0.25, 0.3) is 0 Å². The van der Waals surface area contributed by atoms with Gasteiger partial charge in [-0.2, -0.15) is 0 Å². The summed E-state index contributed by atoms with van der Waals surface area (Å²) in [4.78, 5) is 0. The lowest BCUT2D eigenvalue weighted by atomic mass is 10.0. The molecule has 0 radical (unpaired) electrons. The molecule has 2 heteroatoms. The van der Waals surface area contributed by atoms with Crippen LogP contribution >= 0.6 is 15.9 Å². The smallest absolute Gasteiger partial charge is 0.0331 e. The number of unbranched alkanes of at least 4 members (excludes halogenated alkanes) is 2. The second-order valence-corrected chi connectivity index (χ2v) is 5.38. The predicted octanol–water partition coefficient (Wildman–Crippen LogP) is 5.07. The van der Waals surface area contributed by atoms with Crippen molar-refractivity contribution in [3.63, 3.8) is 0 Å². The van der Waals surface area contributed by atoms with E-state index in [1.54, 1.807) is 0 Å². The van der Waals surface area contributed by atoms with Gasteiger partial charge >= 0.3 is 0 Å². The summed E-state index contributed by atoms with van der Waals surface area (Å²) in [6.45, 7) is 5.57. The van der Waals surface area contributed by atoms with Crippen molar-refractivity contribution >= 4 is 15.9 Å². The van der Waals surface area contributed by atoms with Crippen LogP contribution in [0.1, 0.15) is 57.6 Å². The second kappa shape index (κ2) is 8.71. The number of halogens is 1. The fourth-order valence-corrected chi connectivity index (χ4v) is 2.60. The molecule has 0 saturated heterocycles. The Balaban J connectivity index is 2.64. The molecule has 1 aromatic rings. The van der Waals surface area contributed by atoms with Crippen LogP contribution < -0.4 is 5.32 Å². The minimum absolute atomic E-state index is 0.497. The molecule has 0 fully saturated rings. The molecule has 0 aliphatic heterocycles. The molecule has 1 rings (SSSR count). The van der Waals surface area contributed by atoms with Gasteiger partial charge in [0.05, 0.1) is 0 Å². The highest BCUT2D eigenvalue weighted by molar-refractivity contribution is 9.10. The molecule has 0 aromatic heterocycles. The summed E-state index contributed by atoms with van der Waals surface area (Å²) in [5.41, 5.74) is 1.40. The Morgan fingerprint density at radius 2 is 1.88 bits per heavy atom. The van der Waals surface area contributed by atoms with E-state index in [9.17, 15) is 0 Å². The quantitative estimate of drug-likeness (QED) is 0.661. The number of hydrogen-bond donors (Lipinski definition) is 1. The zero-order chi connectivity index (χ0) is 12.5. The molecule has 96 valence electrons. The molecule has 1 aromatic carbocycles. The molecule has 0 bridgehead atoms. The maximum Gasteiger partial charge on any atom is 0.0331 e. The first-order valence-electron chi connectivity index (χ1n) is 6.77. The average Bonchev–Trinajstić information content (AvgIpc) is 2.35. The minimum Gasteiger partial charge on any atom is -0.310 e. The summed E-state index contributed by atoms with van der Waals surface area (Å²) in [5, 5.41) is 3.66. The molecular formula is C15H24BrN. The van der Waals surface area contributed by atoms with Crippen molar-refractivity contribution in [2.75, 3.05) is 6.54 Å². The van der Waals surface area contributed by atoms with Crippen molar-refractivity contribution in [3.8, 4) is 0 Å². The predicted molar refractivity (Wildman–Crippen MR) is 79.3 cm³/mol. The number of hydrogen-bond acceptors (Lipinski definition) is 1. The first-order valence-corrected chi connectivity index (χ1v) is 7.56. The largest absolute Gasteiger partial charge is 0.310 e. The Bertz CT molecular complexity index is 312. The van der Waals surface area contributed by atoms with Crippen LogP contribution in [-0.2, 0) is 0 Å². The zero-order valence-electron chi connectivity index (χ0n) is 11.0. The molecule has 0 amide bonds. The summed E-state index contributed by atoms with van der Waals surface area (Å²) in [7, 11) is 0. The van der Waals surface area contributed by atoms with Gasteiger partial charge in [-0.15, -0.1) is 0 Å². The van der Waals surface area contributed by atoms with Gasteiger partial charge in [-0.3, -0.25) is 0 Å². The van der Waals surface area contributed by atoms with E-state index in [1.165, 1.54) is 42.1 Å². The van der Waals surface area contributed by atoms with Gasteiger partial charge in [0.2, 0.25) is 0 Å². The van der Waals surface area contributed by atoms with E-state index in [2.05, 4.69) is 59.4 Å². The maximum atomic E-state index is 3.66. The van der Waals surface area contributed by atoms with Crippen molar-refractivity contribution in [1.82, 2.24) is 5.32 Å². The molecule has 0 saturated carbocycles. The molecule has 1 N–H and O–H groups in total. The van der Waals surface area contributed by atoms with E-state index in [4.69, 9.17) is 0 Å². The van der Waals surface area contributed by atoms with E-state index < -0.39 is 0 Å². The molecule has 0 spiro atoms. The van der Waals surface area contributed by atoms with E-state index >= 15 is 0 Å². The maximum absolute atomic E-state index is 3.66. The topological polar surface area (TPSA) is 12.0 Å². The van der Waals surface area contributed by atoms with E-state index in [0.29, 0.717) is 6.04 Å². The summed E-state index contributed by atoms with van der Waals surface area (Å²) in [5.74, 6) is 0. The fourth-order valence-electron chi connectivity index (χ4n) is 2.04. The lowest BCUT2D eigenvalue weighted by molar-refractivity contribution is 0.473. The van der Waals surface area contributed by atoms with Gasteiger partial charge in [-0.25, -0.2) is 0 Å². The van der Waals surface area contributed by atoms with Gasteiger partial charge < -0.3 is 5.32 Å². The first kappa shape index (κ1) is 14.7. The lowest BCUT2D eigenvalue weighted by Gasteiger charge is -2.20. The molecular weight excluding hydrogens is 274 g/mol. The zero-order valence-corrected chi connectivity index (χ0v) is 12.6. The van der Waals surface area contributed by atoms with Gasteiger partial charge in [0, 0.05) is 10.5 Å². The van der Waals surface area contributed by atoms with Gasteiger partial charge in [-0.05, 0) is 31.0 Å². The van der Waals surface area contributed by atoms with Crippen LogP contribution in [0.5, 0.6) is 0 Å². The van der Waals surface area contributed by atoms with Crippen molar-refractivity contribution in [1.29, 1.82) is 0 Å². The van der Waals surface area contributed by atoms with Gasteiger partial charge in [-0.1, -0.05) is 67.2 Å². The Labute approximate surface area is 114 Å². The Morgan fingerprint density at radius 1 is 1.12 bits per heavy atom. The third-order valence-electron chi connectivity index (χ3n) is 3.02. The van der Waals surface area contributed by atoms with Crippen LogP contribution in [0.4, 0.5) is 0 Å². The third kappa shape index (κ3) is 5.22. The monoisotopic (exact) mass is 297 g/mol. The van der Waals surface area contributed by atoms with Crippen LogP contribution in [0.3, 0.4) is 0 Å². The van der Waals surface area contributed by atoms with E-state index in [0.717, 1.165) is 6.54 Å². The van der Waals surface area contributed by atoms with Crippen molar-refractivity contribution in [2.24, 2.45) is 0 Å². The standard InChI is InChI=1S/C15H24BrN/c1-3-5-6-11-15(17-12-4-2)13-9-7-8-10-14(13)16/h7-10,15,17H,3-6,11-12H2,1-2H3. The summed E-state index contributed by atoms with van der Waals surface area (Å²) in [6, 6.07) is 9.06. The number of benzene rings is 1. The number of rotatable bonds is 8. The molecule has 0 aliphatic rings. The molecule has 17 heavy (non-hydrogen) atoms. The molecule has 0 heterocycles. The highest BCUT2D eigenvalue weighted by atomic mass is 79.9. The molecule has 0 aliphatic carbocycles. The fraction of sp³-hybridized carbons (Fsp3) is 0.600. The Morgan fingerprint density at radius 3 is 2.53 bits per heavy atom. The summed E-state index contributed by atoms with van der Waals surface area (Å²) < 4.78 is 1.23. The Hall–Kier alpha value is -0.340. The average molecular weight is 298 g/mol. The normalized spacial score (nSPS) is 12.6. The molecule has 1 atom stereocenters. The molecule has 1 unspecified atom stereocenters. The van der Waals surface area contributed by atoms with E-state index in [-0.39, 0.29) is 0 Å². The van der Waals surface area contributed by atoms with Crippen LogP contribution in [-0.4, -0.2) is 6.54 Å². The summed E-state index contributed by atoms with van der Waals surface area (Å²) >= 11 is 3.66. The molecule has 1 nitrogen and oxygen atoms in total. The number of nitrogens with one attached hydrogen (secondary N) is 1. The second-order valence-electron chi connectivity index (χ2n) is 4.52. The van der Waals surface area contributed by atoms with Crippen molar-refractivity contribution < 1.29 is 0 Å². The van der Waals surface area contributed by atoms with Crippen LogP contribution in [0.15, 0.2) is 28.7 Å². The van der Waals surface area contributed by atoms with Crippen LogP contribution in [0.2, 0.25) is 0 Å². The SMILES string of the molecule is CCCCCC(NCCC)c1ccccc1Br. The highest BCUT2D eigenvalue weighted by Gasteiger charge is 2.12. The highest BCUT2D eigenvalue weighted by Crippen LogP contribution is 2.27. The third-order valence-corrected chi connectivity index (χ3v) is 3.74. The van der Waals surface area contributed by atoms with E-state index in [1.807, 2.05) is 0 Å². The Kier molecular flexibility index (Phi) is 7.54. The van der Waals surface area contributed by atoms with Gasteiger partial charge in [0.1, 0.15) is 0 Å². The van der Waals surface area contributed by atoms with Crippen LogP contribution in [0, 0.1) is 0 Å². The van der Waals surface area contributed by atoms with Crippen molar-refractivity contribution in [2.45, 2.75) is 52.0 Å². The van der Waals surface area contributed by atoms with Crippen molar-refractivity contribution in [3.05, 3.63) is 34.3 Å². The van der Waals surface area contributed by atoms with Gasteiger partial charge in [0.25, 0.3) is 0 Å². The summed E-state index contributed by atoms with van der Waals surface area (Å²) in [6.07, 6.45) is 6.34.